The third kappa shape index (κ3) is 20.5. The van der Waals surface area contributed by atoms with Crippen LogP contribution in [0.15, 0.2) is 0 Å². The number of esters is 1. The van der Waals surface area contributed by atoms with Gasteiger partial charge in [-0.2, -0.15) is 0 Å². The summed E-state index contributed by atoms with van der Waals surface area (Å²) in [5.74, 6) is 0.532. The summed E-state index contributed by atoms with van der Waals surface area (Å²) in [6, 6.07) is 0. The number of rotatable bonds is 24. The maximum Gasteiger partial charge on any atom is 0.306 e. The summed E-state index contributed by atoms with van der Waals surface area (Å²) >= 11 is 0. The van der Waals surface area contributed by atoms with Gasteiger partial charge in [-0.3, -0.25) is 4.79 Å². The molecule has 198 valence electrons. The highest BCUT2D eigenvalue weighted by atomic mass is 16.5. The van der Waals surface area contributed by atoms with Crippen LogP contribution in [0.25, 0.3) is 0 Å². The van der Waals surface area contributed by atoms with E-state index in [0.717, 1.165) is 64.4 Å². The zero-order valence-corrected chi connectivity index (χ0v) is 22.9. The molecule has 33 heavy (non-hydrogen) atoms. The van der Waals surface area contributed by atoms with Gasteiger partial charge in [-0.05, 0) is 45.4 Å². The average molecular weight is 471 g/mol. The van der Waals surface area contributed by atoms with Gasteiger partial charge < -0.3 is 14.6 Å². The normalized spacial score (nSPS) is 14.4. The number of hydrogen-bond acceptors (Lipinski definition) is 4. The van der Waals surface area contributed by atoms with Crippen molar-refractivity contribution in [2.45, 2.75) is 169 Å². The summed E-state index contributed by atoms with van der Waals surface area (Å²) in [7, 11) is 0. The minimum absolute atomic E-state index is 0.0218. The molecule has 1 N–H and O–H groups in total. The number of carbonyl (C=O) groups excluding carboxylic acids is 1. The first-order valence-electron chi connectivity index (χ1n) is 14.4. The van der Waals surface area contributed by atoms with Gasteiger partial charge in [-0.1, -0.05) is 104 Å². The van der Waals surface area contributed by atoms with E-state index in [9.17, 15) is 9.90 Å². The highest BCUT2D eigenvalue weighted by Crippen LogP contribution is 2.20. The molecule has 4 heteroatoms. The summed E-state index contributed by atoms with van der Waals surface area (Å²) in [6.07, 6.45) is 19.6. The van der Waals surface area contributed by atoms with E-state index in [1.807, 2.05) is 13.8 Å². The molecule has 0 rings (SSSR count). The topological polar surface area (TPSA) is 55.8 Å². The molecule has 4 nitrogen and oxygen atoms in total. The molecule has 0 aromatic heterocycles. The quantitative estimate of drug-likeness (QED) is 0.114. The second kappa shape index (κ2) is 23.1. The van der Waals surface area contributed by atoms with Crippen molar-refractivity contribution in [1.29, 1.82) is 0 Å². The van der Waals surface area contributed by atoms with E-state index in [-0.39, 0.29) is 24.3 Å². The van der Waals surface area contributed by atoms with Crippen LogP contribution in [-0.4, -0.2) is 36.0 Å². The fraction of sp³-hybridized carbons (Fsp3) is 0.966. The van der Waals surface area contributed by atoms with Crippen molar-refractivity contribution in [3.63, 3.8) is 0 Å². The molecule has 0 fully saturated rings. The maximum absolute atomic E-state index is 11.6. The van der Waals surface area contributed by atoms with Crippen molar-refractivity contribution in [3.05, 3.63) is 0 Å². The zero-order chi connectivity index (χ0) is 24.7. The number of unbranched alkanes of at least 4 members (excludes halogenated alkanes) is 10. The van der Waals surface area contributed by atoms with Gasteiger partial charge in [-0.25, -0.2) is 0 Å². The second-order valence-corrected chi connectivity index (χ2v) is 10.3. The molecule has 0 heterocycles. The molecular formula is C29H58O4. The van der Waals surface area contributed by atoms with Crippen LogP contribution in [0.4, 0.5) is 0 Å². The van der Waals surface area contributed by atoms with Crippen LogP contribution >= 0.6 is 0 Å². The van der Waals surface area contributed by atoms with E-state index < -0.39 is 0 Å². The average Bonchev–Trinajstić information content (AvgIpc) is 2.78. The van der Waals surface area contributed by atoms with Gasteiger partial charge in [0.15, 0.2) is 0 Å². The largest absolute Gasteiger partial charge is 0.463 e. The highest BCUT2D eigenvalue weighted by Gasteiger charge is 2.21. The molecule has 0 amide bonds. The van der Waals surface area contributed by atoms with E-state index in [1.165, 1.54) is 51.4 Å². The highest BCUT2D eigenvalue weighted by molar-refractivity contribution is 5.69. The number of aliphatic hydroxyl groups excluding tert-OH is 1. The van der Waals surface area contributed by atoms with Crippen molar-refractivity contribution in [3.8, 4) is 0 Å². The fourth-order valence-corrected chi connectivity index (χ4v) is 4.33. The predicted octanol–water partition coefficient (Wildman–Crippen LogP) is 8.38. The minimum Gasteiger partial charge on any atom is -0.463 e. The molecule has 0 spiro atoms. The number of carbonyl (C=O) groups is 1. The van der Waals surface area contributed by atoms with E-state index >= 15 is 0 Å². The molecule has 3 atom stereocenters. The van der Waals surface area contributed by atoms with Crippen molar-refractivity contribution in [2.75, 3.05) is 6.61 Å². The minimum atomic E-state index is -0.342. The molecule has 3 unspecified atom stereocenters. The zero-order valence-electron chi connectivity index (χ0n) is 22.9. The molecule has 0 saturated carbocycles. The van der Waals surface area contributed by atoms with Gasteiger partial charge in [0.05, 0.1) is 18.3 Å². The SMILES string of the molecule is CCCCCCCCC(O)C(CCCCCCCC(=O)OC(C)C)OCC(CC)CCCC. The summed E-state index contributed by atoms with van der Waals surface area (Å²) in [5.41, 5.74) is 0. The fourth-order valence-electron chi connectivity index (χ4n) is 4.33. The molecule has 0 radical (unpaired) electrons. The standard InChI is InChI=1S/C29H58O4/c1-6-9-11-12-14-17-21-27(30)28(32-24-26(8-3)20-10-7-2)22-18-15-13-16-19-23-29(31)33-25(4)5/h25-28,30H,6-24H2,1-5H3. The van der Waals surface area contributed by atoms with Crippen molar-refractivity contribution in [1.82, 2.24) is 0 Å². The van der Waals surface area contributed by atoms with Gasteiger partial charge in [-0.15, -0.1) is 0 Å². The van der Waals surface area contributed by atoms with Gasteiger partial charge in [0, 0.05) is 13.0 Å². The Balaban J connectivity index is 4.29. The van der Waals surface area contributed by atoms with Crippen LogP contribution < -0.4 is 0 Å². The molecule has 0 aromatic rings. The van der Waals surface area contributed by atoms with Gasteiger partial charge in [0.25, 0.3) is 0 Å². The number of hydrogen-bond donors (Lipinski definition) is 1. The first kappa shape index (κ1) is 32.4. The van der Waals surface area contributed by atoms with Crippen LogP contribution in [0.3, 0.4) is 0 Å². The summed E-state index contributed by atoms with van der Waals surface area (Å²) in [4.78, 5) is 11.6. The van der Waals surface area contributed by atoms with Gasteiger partial charge in [0.2, 0.25) is 0 Å². The Kier molecular flexibility index (Phi) is 22.7. The summed E-state index contributed by atoms with van der Waals surface area (Å²) in [5, 5.41) is 10.9. The van der Waals surface area contributed by atoms with E-state index in [0.29, 0.717) is 12.3 Å². The summed E-state index contributed by atoms with van der Waals surface area (Å²) in [6.45, 7) is 11.3. The van der Waals surface area contributed by atoms with Gasteiger partial charge in [0.1, 0.15) is 0 Å². The first-order valence-corrected chi connectivity index (χ1v) is 14.4. The molecule has 0 aliphatic carbocycles. The van der Waals surface area contributed by atoms with Crippen LogP contribution in [0, 0.1) is 5.92 Å². The van der Waals surface area contributed by atoms with Crippen LogP contribution in [0.5, 0.6) is 0 Å². The lowest BCUT2D eigenvalue weighted by molar-refractivity contribution is -0.147. The maximum atomic E-state index is 11.6. The second-order valence-electron chi connectivity index (χ2n) is 10.3. The van der Waals surface area contributed by atoms with E-state index in [2.05, 4.69) is 20.8 Å². The smallest absolute Gasteiger partial charge is 0.306 e. The van der Waals surface area contributed by atoms with Crippen molar-refractivity contribution in [2.24, 2.45) is 5.92 Å². The summed E-state index contributed by atoms with van der Waals surface area (Å²) < 4.78 is 11.5. The Hall–Kier alpha value is -0.610. The van der Waals surface area contributed by atoms with Crippen LogP contribution in [0.2, 0.25) is 0 Å². The molecule has 0 aliphatic rings. The van der Waals surface area contributed by atoms with Crippen LogP contribution in [0.1, 0.15) is 150 Å². The Morgan fingerprint density at radius 1 is 0.727 bits per heavy atom. The third-order valence-electron chi connectivity index (χ3n) is 6.61. The first-order chi connectivity index (χ1) is 15.9. The lowest BCUT2D eigenvalue weighted by atomic mass is 9.98. The molecule has 0 aliphatic heterocycles. The van der Waals surface area contributed by atoms with Crippen LogP contribution in [-0.2, 0) is 14.3 Å². The van der Waals surface area contributed by atoms with Crippen molar-refractivity contribution < 1.29 is 19.4 Å². The molecule has 0 bridgehead atoms. The third-order valence-corrected chi connectivity index (χ3v) is 6.61. The monoisotopic (exact) mass is 470 g/mol. The molecule has 0 saturated heterocycles. The number of aliphatic hydroxyl groups is 1. The molecular weight excluding hydrogens is 412 g/mol. The van der Waals surface area contributed by atoms with Gasteiger partial charge >= 0.3 is 5.97 Å². The lowest BCUT2D eigenvalue weighted by Crippen LogP contribution is -2.31. The Morgan fingerprint density at radius 3 is 1.91 bits per heavy atom. The molecule has 0 aromatic carbocycles. The Bertz CT molecular complexity index is 424. The lowest BCUT2D eigenvalue weighted by Gasteiger charge is -2.26. The van der Waals surface area contributed by atoms with Crippen molar-refractivity contribution >= 4 is 5.97 Å². The predicted molar refractivity (Wildman–Crippen MR) is 141 cm³/mol. The Morgan fingerprint density at radius 2 is 1.30 bits per heavy atom. The van der Waals surface area contributed by atoms with E-state index in [1.54, 1.807) is 0 Å². The van der Waals surface area contributed by atoms with E-state index in [4.69, 9.17) is 9.47 Å². The Labute approximate surface area is 206 Å². The number of ether oxygens (including phenoxy) is 2.